The third kappa shape index (κ3) is 3.60. The lowest BCUT2D eigenvalue weighted by molar-refractivity contribution is 0.458. The van der Waals surface area contributed by atoms with Crippen LogP contribution in [0, 0.1) is 5.82 Å². The van der Waals surface area contributed by atoms with Crippen LogP contribution in [0.2, 0.25) is 0 Å². The molecule has 4 rings (SSSR count). The Morgan fingerprint density at radius 3 is 2.84 bits per heavy atom. The minimum absolute atomic E-state index is 0.296. The first-order chi connectivity index (χ1) is 12.3. The minimum Gasteiger partial charge on any atom is -0.439 e. The number of rotatable bonds is 5. The third-order valence-corrected chi connectivity index (χ3v) is 4.27. The van der Waals surface area contributed by atoms with Crippen molar-refractivity contribution in [1.82, 2.24) is 19.5 Å². The van der Waals surface area contributed by atoms with E-state index in [1.54, 1.807) is 30.6 Å². The normalized spacial score (nSPS) is 17.0. The molecule has 25 heavy (non-hydrogen) atoms. The highest BCUT2D eigenvalue weighted by molar-refractivity contribution is 5.36. The van der Waals surface area contributed by atoms with E-state index in [2.05, 4.69) is 24.4 Å². The molecule has 1 aliphatic heterocycles. The van der Waals surface area contributed by atoms with Gasteiger partial charge < -0.3 is 14.2 Å². The van der Waals surface area contributed by atoms with Crippen molar-refractivity contribution in [3.8, 4) is 11.6 Å². The molecule has 2 aromatic heterocycles. The van der Waals surface area contributed by atoms with Crippen LogP contribution in [0.3, 0.4) is 0 Å². The van der Waals surface area contributed by atoms with Gasteiger partial charge in [0.15, 0.2) is 0 Å². The van der Waals surface area contributed by atoms with E-state index in [1.807, 2.05) is 12.5 Å². The van der Waals surface area contributed by atoms with Crippen LogP contribution in [-0.4, -0.2) is 32.1 Å². The second-order valence-corrected chi connectivity index (χ2v) is 6.00. The van der Waals surface area contributed by atoms with Crippen LogP contribution in [-0.2, 0) is 6.54 Å². The maximum atomic E-state index is 13.0. The van der Waals surface area contributed by atoms with Crippen LogP contribution in [0.15, 0.2) is 55.2 Å². The fourth-order valence-corrected chi connectivity index (χ4v) is 3.08. The fraction of sp³-hybridized carbons (Fsp3) is 0.278. The van der Waals surface area contributed by atoms with Crippen molar-refractivity contribution in [1.29, 1.82) is 0 Å². The topological polar surface area (TPSA) is 56.1 Å². The molecule has 1 atom stereocenters. The summed E-state index contributed by atoms with van der Waals surface area (Å²) in [6.07, 6.45) is 9.45. The van der Waals surface area contributed by atoms with Gasteiger partial charge in [-0.3, -0.25) is 0 Å². The first kappa shape index (κ1) is 15.6. The van der Waals surface area contributed by atoms with E-state index in [4.69, 9.17) is 4.74 Å². The molecule has 6 nitrogen and oxygen atoms in total. The van der Waals surface area contributed by atoms with E-state index in [1.165, 1.54) is 12.1 Å². The van der Waals surface area contributed by atoms with Crippen LogP contribution >= 0.6 is 0 Å². The Morgan fingerprint density at radius 1 is 1.16 bits per heavy atom. The van der Waals surface area contributed by atoms with Crippen molar-refractivity contribution >= 4 is 5.95 Å². The monoisotopic (exact) mass is 339 g/mol. The first-order valence-electron chi connectivity index (χ1n) is 8.27. The zero-order chi connectivity index (χ0) is 17.1. The van der Waals surface area contributed by atoms with Crippen molar-refractivity contribution in [3.63, 3.8) is 0 Å². The summed E-state index contributed by atoms with van der Waals surface area (Å²) in [5, 5.41) is 0. The van der Waals surface area contributed by atoms with Crippen LogP contribution in [0.5, 0.6) is 11.6 Å². The minimum atomic E-state index is -0.296. The van der Waals surface area contributed by atoms with E-state index in [0.29, 0.717) is 23.6 Å². The Hall–Kier alpha value is -2.96. The Kier molecular flexibility index (Phi) is 4.28. The van der Waals surface area contributed by atoms with Gasteiger partial charge >= 0.3 is 0 Å². The SMILES string of the molecule is Fc1ccc(Oc2ccnc(N3CCCC3Cn3ccnc3)n2)cc1. The quantitative estimate of drug-likeness (QED) is 0.714. The van der Waals surface area contributed by atoms with E-state index < -0.39 is 0 Å². The number of hydrogen-bond donors (Lipinski definition) is 0. The summed E-state index contributed by atoms with van der Waals surface area (Å²) >= 11 is 0. The summed E-state index contributed by atoms with van der Waals surface area (Å²) in [6.45, 7) is 1.77. The molecule has 1 fully saturated rings. The molecule has 3 heterocycles. The molecule has 3 aromatic rings. The predicted molar refractivity (Wildman–Crippen MR) is 91.1 cm³/mol. The van der Waals surface area contributed by atoms with E-state index in [0.717, 1.165) is 25.9 Å². The molecule has 0 amide bonds. The number of nitrogens with zero attached hydrogens (tertiary/aromatic N) is 5. The summed E-state index contributed by atoms with van der Waals surface area (Å²) in [5.74, 6) is 1.35. The number of anilines is 1. The molecule has 0 radical (unpaired) electrons. The smallest absolute Gasteiger partial charge is 0.228 e. The molecule has 0 saturated carbocycles. The molecular weight excluding hydrogens is 321 g/mol. The maximum absolute atomic E-state index is 13.0. The number of hydrogen-bond acceptors (Lipinski definition) is 5. The standard InChI is InChI=1S/C18H18FN5O/c19-14-3-5-16(6-4-14)25-17-7-8-21-18(22-17)24-10-1-2-15(24)12-23-11-9-20-13-23/h3-9,11,13,15H,1-2,10,12H2. The molecule has 1 aromatic carbocycles. The predicted octanol–water partition coefficient (Wildman–Crippen LogP) is 3.27. The second kappa shape index (κ2) is 6.88. The van der Waals surface area contributed by atoms with Gasteiger partial charge in [0.1, 0.15) is 11.6 Å². The highest BCUT2D eigenvalue weighted by Crippen LogP contribution is 2.26. The number of halogens is 1. The first-order valence-corrected chi connectivity index (χ1v) is 8.27. The lowest BCUT2D eigenvalue weighted by Crippen LogP contribution is -2.34. The van der Waals surface area contributed by atoms with Crippen LogP contribution in [0.4, 0.5) is 10.3 Å². The number of imidazole rings is 1. The molecule has 1 saturated heterocycles. The van der Waals surface area contributed by atoms with Crippen molar-refractivity contribution in [2.24, 2.45) is 0 Å². The molecule has 128 valence electrons. The summed E-state index contributed by atoms with van der Waals surface area (Å²) in [4.78, 5) is 15.2. The zero-order valence-electron chi connectivity index (χ0n) is 13.6. The lowest BCUT2D eigenvalue weighted by atomic mass is 10.2. The maximum Gasteiger partial charge on any atom is 0.228 e. The van der Waals surface area contributed by atoms with E-state index in [-0.39, 0.29) is 5.82 Å². The van der Waals surface area contributed by atoms with Crippen LogP contribution in [0.1, 0.15) is 12.8 Å². The Bertz CT molecular complexity index is 822. The van der Waals surface area contributed by atoms with Crippen molar-refractivity contribution in [2.45, 2.75) is 25.4 Å². The summed E-state index contributed by atoms with van der Waals surface area (Å²) in [5.41, 5.74) is 0. The van der Waals surface area contributed by atoms with Gasteiger partial charge in [0.25, 0.3) is 0 Å². The van der Waals surface area contributed by atoms with Gasteiger partial charge in [-0.15, -0.1) is 0 Å². The van der Waals surface area contributed by atoms with Crippen molar-refractivity contribution < 1.29 is 9.13 Å². The highest BCUT2D eigenvalue weighted by atomic mass is 19.1. The van der Waals surface area contributed by atoms with Crippen LogP contribution < -0.4 is 9.64 Å². The molecule has 0 aliphatic carbocycles. The Labute approximate surface area is 144 Å². The summed E-state index contributed by atoms with van der Waals surface area (Å²) in [6, 6.07) is 7.91. The fourth-order valence-electron chi connectivity index (χ4n) is 3.08. The molecule has 1 unspecified atom stereocenters. The Morgan fingerprint density at radius 2 is 2.04 bits per heavy atom. The van der Waals surface area contributed by atoms with Gasteiger partial charge in [-0.25, -0.2) is 14.4 Å². The molecule has 0 bridgehead atoms. The molecule has 0 N–H and O–H groups in total. The third-order valence-electron chi connectivity index (χ3n) is 4.27. The van der Waals surface area contributed by atoms with Crippen molar-refractivity contribution in [2.75, 3.05) is 11.4 Å². The van der Waals surface area contributed by atoms with Crippen molar-refractivity contribution in [3.05, 3.63) is 61.1 Å². The zero-order valence-corrected chi connectivity index (χ0v) is 13.6. The van der Waals surface area contributed by atoms with Gasteiger partial charge in [-0.1, -0.05) is 0 Å². The van der Waals surface area contributed by atoms with Gasteiger partial charge in [0, 0.05) is 43.8 Å². The summed E-state index contributed by atoms with van der Waals surface area (Å²) < 4.78 is 20.8. The van der Waals surface area contributed by atoms with E-state index >= 15 is 0 Å². The largest absolute Gasteiger partial charge is 0.439 e. The van der Waals surface area contributed by atoms with Crippen LogP contribution in [0.25, 0.3) is 0 Å². The molecular formula is C18H18FN5O. The van der Waals surface area contributed by atoms with Gasteiger partial charge in [0.2, 0.25) is 11.8 Å². The lowest BCUT2D eigenvalue weighted by Gasteiger charge is -2.25. The number of aromatic nitrogens is 4. The molecule has 0 spiro atoms. The average molecular weight is 339 g/mol. The molecule has 1 aliphatic rings. The van der Waals surface area contributed by atoms with Gasteiger partial charge in [0.05, 0.1) is 6.33 Å². The van der Waals surface area contributed by atoms with Gasteiger partial charge in [-0.2, -0.15) is 4.98 Å². The molecule has 7 heteroatoms. The highest BCUT2D eigenvalue weighted by Gasteiger charge is 2.27. The van der Waals surface area contributed by atoms with E-state index in [9.17, 15) is 4.39 Å². The number of ether oxygens (including phenoxy) is 1. The second-order valence-electron chi connectivity index (χ2n) is 6.00. The summed E-state index contributed by atoms with van der Waals surface area (Å²) in [7, 11) is 0. The Balaban J connectivity index is 1.51. The average Bonchev–Trinajstić information content (AvgIpc) is 3.30. The van der Waals surface area contributed by atoms with Gasteiger partial charge in [-0.05, 0) is 37.1 Å². The number of benzene rings is 1.